The summed E-state index contributed by atoms with van der Waals surface area (Å²) in [5.41, 5.74) is 0.0534. The Labute approximate surface area is 184 Å². The van der Waals surface area contributed by atoms with Crippen LogP contribution in [-0.2, 0) is 0 Å². The van der Waals surface area contributed by atoms with Crippen LogP contribution in [0.15, 0.2) is 79.1 Å². The lowest BCUT2D eigenvalue weighted by Crippen LogP contribution is -2.15. The van der Waals surface area contributed by atoms with Crippen molar-refractivity contribution in [2.45, 2.75) is 6.42 Å². The predicted octanol–water partition coefficient (Wildman–Crippen LogP) is 4.04. The third-order valence-electron chi connectivity index (χ3n) is 4.25. The summed E-state index contributed by atoms with van der Waals surface area (Å²) in [7, 11) is 4.04. The van der Waals surface area contributed by atoms with Gasteiger partial charge in [-0.1, -0.05) is 24.3 Å². The Morgan fingerprint density at radius 1 is 0.871 bits per heavy atom. The van der Waals surface area contributed by atoms with Gasteiger partial charge in [0.05, 0.1) is 29.5 Å². The Morgan fingerprint density at radius 3 is 2.06 bits per heavy atom. The van der Waals surface area contributed by atoms with Gasteiger partial charge in [0.25, 0.3) is 0 Å². The lowest BCUT2D eigenvalue weighted by Gasteiger charge is -2.11. The van der Waals surface area contributed by atoms with Gasteiger partial charge in [-0.05, 0) is 44.8 Å². The fourth-order valence-corrected chi connectivity index (χ4v) is 2.86. The fourth-order valence-electron chi connectivity index (χ4n) is 2.86. The van der Waals surface area contributed by atoms with E-state index in [0.717, 1.165) is 24.4 Å². The monoisotopic (exact) mass is 445 g/mol. The first kappa shape index (κ1) is 24.0. The quantitative estimate of drug-likeness (QED) is 0.366. The number of hydrogen-bond acceptors (Lipinski definition) is 7. The summed E-state index contributed by atoms with van der Waals surface area (Å²) in [5.74, 6) is 0.558. The predicted molar refractivity (Wildman–Crippen MR) is 123 cm³/mol. The van der Waals surface area contributed by atoms with Gasteiger partial charge in [0.2, 0.25) is 0 Å². The first-order chi connectivity index (χ1) is 14.4. The molecule has 4 rings (SSSR count). The Kier molecular flexibility index (Phi) is 8.66. The van der Waals surface area contributed by atoms with E-state index in [1.54, 1.807) is 30.3 Å². The molecule has 0 atom stereocenters. The zero-order valence-electron chi connectivity index (χ0n) is 17.2. The molecule has 164 valence electrons. The Morgan fingerprint density at radius 2 is 1.42 bits per heavy atom. The maximum absolute atomic E-state index is 11.4. The van der Waals surface area contributed by atoms with Gasteiger partial charge < -0.3 is 23.6 Å². The molecule has 1 N–H and O–H groups in total. The molecule has 8 heteroatoms. The number of nitrogens with zero attached hydrogens (tertiary/aromatic N) is 1. The Hall–Kier alpha value is -3.29. The highest BCUT2D eigenvalue weighted by atomic mass is 35.5. The van der Waals surface area contributed by atoms with Crippen molar-refractivity contribution >= 4 is 34.3 Å². The second-order valence-corrected chi connectivity index (χ2v) is 6.88. The lowest BCUT2D eigenvalue weighted by atomic mass is 10.2. The standard InChI is InChI=1S/C14H17NO3.C9H6O3.ClH/c1-15(2)8-5-9-17-13-10-14(16)18-12-7-4-3-6-11(12)13;10-7-5-9(11)12-8-4-2-1-3-6(7)8;/h3-4,6-7,10H,5,8-9H2,1-2H3;1-5,10H;1H. The smallest absolute Gasteiger partial charge is 0.339 e. The summed E-state index contributed by atoms with van der Waals surface area (Å²) in [6, 6.07) is 16.7. The van der Waals surface area contributed by atoms with Crippen LogP contribution in [0, 0.1) is 0 Å². The third-order valence-corrected chi connectivity index (χ3v) is 4.25. The van der Waals surface area contributed by atoms with Crippen LogP contribution in [0.1, 0.15) is 6.42 Å². The fraction of sp³-hybridized carbons (Fsp3) is 0.217. The van der Waals surface area contributed by atoms with E-state index >= 15 is 0 Å². The zero-order chi connectivity index (χ0) is 21.5. The molecular formula is C23H24ClNO6. The molecule has 0 spiro atoms. The highest BCUT2D eigenvalue weighted by Gasteiger charge is 2.05. The van der Waals surface area contributed by atoms with E-state index in [-0.39, 0.29) is 23.8 Å². The lowest BCUT2D eigenvalue weighted by molar-refractivity contribution is 0.282. The van der Waals surface area contributed by atoms with Crippen LogP contribution in [0.2, 0.25) is 0 Å². The first-order valence-corrected chi connectivity index (χ1v) is 9.46. The molecule has 4 aromatic rings. The van der Waals surface area contributed by atoms with Crippen LogP contribution in [0.4, 0.5) is 0 Å². The van der Waals surface area contributed by atoms with Gasteiger partial charge in [-0.15, -0.1) is 12.4 Å². The van der Waals surface area contributed by atoms with Crippen LogP contribution in [0.5, 0.6) is 11.5 Å². The van der Waals surface area contributed by atoms with Crippen molar-refractivity contribution in [3.8, 4) is 11.5 Å². The molecule has 0 unspecified atom stereocenters. The number of rotatable bonds is 5. The number of benzene rings is 2. The largest absolute Gasteiger partial charge is 0.507 e. The highest BCUT2D eigenvalue weighted by Crippen LogP contribution is 2.23. The molecule has 0 aliphatic carbocycles. The summed E-state index contributed by atoms with van der Waals surface area (Å²) < 4.78 is 15.6. The van der Waals surface area contributed by atoms with E-state index in [0.29, 0.717) is 28.9 Å². The molecule has 0 saturated heterocycles. The van der Waals surface area contributed by atoms with Crippen LogP contribution in [0.25, 0.3) is 21.9 Å². The van der Waals surface area contributed by atoms with Gasteiger partial charge in [-0.2, -0.15) is 0 Å². The maximum atomic E-state index is 11.4. The molecule has 0 aliphatic heterocycles. The van der Waals surface area contributed by atoms with Gasteiger partial charge in [-0.25, -0.2) is 9.59 Å². The second-order valence-electron chi connectivity index (χ2n) is 6.88. The van der Waals surface area contributed by atoms with Crippen molar-refractivity contribution in [1.29, 1.82) is 0 Å². The molecule has 2 aromatic heterocycles. The van der Waals surface area contributed by atoms with Crippen LogP contribution in [0.3, 0.4) is 0 Å². The summed E-state index contributed by atoms with van der Waals surface area (Å²) in [5, 5.41) is 10.7. The van der Waals surface area contributed by atoms with Crippen molar-refractivity contribution in [3.05, 3.63) is 81.5 Å². The number of ether oxygens (including phenoxy) is 1. The average Bonchev–Trinajstić information content (AvgIpc) is 2.71. The van der Waals surface area contributed by atoms with E-state index < -0.39 is 5.63 Å². The Balaban J connectivity index is 0.000000229. The van der Waals surface area contributed by atoms with E-state index in [2.05, 4.69) is 4.90 Å². The molecule has 0 bridgehead atoms. The Bertz CT molecular complexity index is 1250. The average molecular weight is 446 g/mol. The van der Waals surface area contributed by atoms with E-state index in [9.17, 15) is 14.7 Å². The normalized spacial score (nSPS) is 10.4. The van der Waals surface area contributed by atoms with Crippen LogP contribution in [-0.4, -0.2) is 37.3 Å². The minimum atomic E-state index is -0.536. The van der Waals surface area contributed by atoms with E-state index in [1.165, 1.54) is 6.07 Å². The van der Waals surface area contributed by atoms with Crippen LogP contribution < -0.4 is 16.0 Å². The minimum absolute atomic E-state index is 0. The highest BCUT2D eigenvalue weighted by molar-refractivity contribution is 5.85. The molecule has 2 heterocycles. The minimum Gasteiger partial charge on any atom is -0.507 e. The molecule has 0 amide bonds. The summed E-state index contributed by atoms with van der Waals surface area (Å²) >= 11 is 0. The SMILES string of the molecule is CN(C)CCCOc1cc(=O)oc2ccccc12.Cl.O=c1cc(O)c2ccccc2o1. The summed E-state index contributed by atoms with van der Waals surface area (Å²) in [6.07, 6.45) is 0.918. The number of halogens is 1. The molecule has 7 nitrogen and oxygen atoms in total. The van der Waals surface area contributed by atoms with Gasteiger partial charge in [0.1, 0.15) is 22.7 Å². The third kappa shape index (κ3) is 6.60. The van der Waals surface area contributed by atoms with E-state index in [4.69, 9.17) is 13.6 Å². The van der Waals surface area contributed by atoms with Gasteiger partial charge in [0, 0.05) is 6.54 Å². The van der Waals surface area contributed by atoms with Gasteiger partial charge in [0.15, 0.2) is 0 Å². The number of hydrogen-bond donors (Lipinski definition) is 1. The zero-order valence-corrected chi connectivity index (χ0v) is 18.1. The van der Waals surface area contributed by atoms with E-state index in [1.807, 2.05) is 32.3 Å². The molecule has 0 fully saturated rings. The molecule has 0 radical (unpaired) electrons. The van der Waals surface area contributed by atoms with Crippen molar-refractivity contribution < 1.29 is 18.7 Å². The summed E-state index contributed by atoms with van der Waals surface area (Å²) in [6.45, 7) is 1.55. The molecular weight excluding hydrogens is 422 g/mol. The number of aromatic hydroxyl groups is 1. The van der Waals surface area contributed by atoms with Crippen molar-refractivity contribution in [2.75, 3.05) is 27.2 Å². The second kappa shape index (κ2) is 11.2. The molecule has 31 heavy (non-hydrogen) atoms. The van der Waals surface area contributed by atoms with Gasteiger partial charge in [-0.3, -0.25) is 0 Å². The number of fused-ring (bicyclic) bond motifs is 2. The summed E-state index contributed by atoms with van der Waals surface area (Å²) in [4.78, 5) is 24.3. The number of para-hydroxylation sites is 2. The van der Waals surface area contributed by atoms with Crippen LogP contribution >= 0.6 is 12.4 Å². The molecule has 0 saturated carbocycles. The van der Waals surface area contributed by atoms with Crippen molar-refractivity contribution in [1.82, 2.24) is 4.90 Å². The van der Waals surface area contributed by atoms with Gasteiger partial charge >= 0.3 is 11.3 Å². The van der Waals surface area contributed by atoms with Crippen molar-refractivity contribution in [3.63, 3.8) is 0 Å². The maximum Gasteiger partial charge on any atom is 0.339 e. The molecule has 0 aliphatic rings. The topological polar surface area (TPSA) is 93.1 Å². The molecule has 2 aromatic carbocycles. The van der Waals surface area contributed by atoms with Crippen molar-refractivity contribution in [2.24, 2.45) is 0 Å². The first-order valence-electron chi connectivity index (χ1n) is 9.46.